The van der Waals surface area contributed by atoms with Crippen LogP contribution in [0.5, 0.6) is 5.75 Å². The van der Waals surface area contributed by atoms with Gasteiger partial charge in [0, 0.05) is 25.5 Å². The number of benzene rings is 2. The summed E-state index contributed by atoms with van der Waals surface area (Å²) in [6, 6.07) is 12.7. The van der Waals surface area contributed by atoms with E-state index in [1.165, 1.54) is 7.11 Å². The molecule has 0 aliphatic heterocycles. The molecule has 0 spiro atoms. The number of hydrogen-bond acceptors (Lipinski definition) is 4. The Morgan fingerprint density at radius 3 is 2.57 bits per heavy atom. The van der Waals surface area contributed by atoms with Gasteiger partial charge < -0.3 is 20.7 Å². The van der Waals surface area contributed by atoms with Crippen LogP contribution in [0.2, 0.25) is 0 Å². The number of rotatable bonds is 4. The molecule has 0 saturated carbocycles. The second-order valence-electron chi connectivity index (χ2n) is 4.83. The maximum Gasteiger partial charge on any atom is 0.259 e. The highest BCUT2D eigenvalue weighted by Gasteiger charge is 2.14. The first kappa shape index (κ1) is 14.7. The van der Waals surface area contributed by atoms with E-state index in [9.17, 15) is 4.79 Å². The molecular formula is C16H19N3O2. The first-order chi connectivity index (χ1) is 10.0. The lowest BCUT2D eigenvalue weighted by molar-refractivity contribution is 0.102. The molecule has 2 rings (SSSR count). The lowest BCUT2D eigenvalue weighted by atomic mass is 10.1. The summed E-state index contributed by atoms with van der Waals surface area (Å²) in [5, 5.41) is 2.85. The lowest BCUT2D eigenvalue weighted by Crippen LogP contribution is -2.15. The average Bonchev–Trinajstić information content (AvgIpc) is 2.47. The molecule has 2 aromatic carbocycles. The summed E-state index contributed by atoms with van der Waals surface area (Å²) < 4.78 is 5.20. The Morgan fingerprint density at radius 1 is 1.19 bits per heavy atom. The average molecular weight is 285 g/mol. The highest BCUT2D eigenvalue weighted by atomic mass is 16.5. The molecule has 21 heavy (non-hydrogen) atoms. The number of hydrogen-bond donors (Lipinski definition) is 2. The molecule has 0 aliphatic rings. The maximum absolute atomic E-state index is 12.4. The fourth-order valence-corrected chi connectivity index (χ4v) is 2.02. The number of nitrogens with zero attached hydrogens (tertiary/aromatic N) is 1. The van der Waals surface area contributed by atoms with Crippen molar-refractivity contribution in [1.82, 2.24) is 0 Å². The number of nitrogens with two attached hydrogens (primary N) is 1. The number of para-hydroxylation sites is 1. The molecule has 0 unspecified atom stereocenters. The van der Waals surface area contributed by atoms with Crippen molar-refractivity contribution in [2.45, 2.75) is 0 Å². The number of amides is 1. The molecule has 1 amide bonds. The van der Waals surface area contributed by atoms with Gasteiger partial charge in [0.25, 0.3) is 5.91 Å². The standard InChI is InChI=1S/C16H19N3O2/c1-19(2)12-7-4-6-11(10-12)18-16(20)13-8-5-9-14(17)15(13)21-3/h4-10H,17H2,1-3H3,(H,18,20). The molecule has 0 saturated heterocycles. The monoisotopic (exact) mass is 285 g/mol. The first-order valence-corrected chi connectivity index (χ1v) is 6.54. The number of carbonyl (C=O) groups excluding carboxylic acids is 1. The van der Waals surface area contributed by atoms with Crippen molar-refractivity contribution in [2.24, 2.45) is 0 Å². The number of anilines is 3. The largest absolute Gasteiger partial charge is 0.494 e. The smallest absolute Gasteiger partial charge is 0.259 e. The van der Waals surface area contributed by atoms with Crippen LogP contribution in [0.25, 0.3) is 0 Å². The summed E-state index contributed by atoms with van der Waals surface area (Å²) in [5.74, 6) is 0.133. The van der Waals surface area contributed by atoms with Gasteiger partial charge in [-0.1, -0.05) is 12.1 Å². The second-order valence-corrected chi connectivity index (χ2v) is 4.83. The van der Waals surface area contributed by atoms with Gasteiger partial charge in [-0.15, -0.1) is 0 Å². The number of nitrogen functional groups attached to an aromatic ring is 1. The second kappa shape index (κ2) is 6.17. The SMILES string of the molecule is COc1c(N)cccc1C(=O)Nc1cccc(N(C)C)c1. The van der Waals surface area contributed by atoms with Crippen LogP contribution in [0.4, 0.5) is 17.1 Å². The predicted octanol–water partition coefficient (Wildman–Crippen LogP) is 2.60. The van der Waals surface area contributed by atoms with Crippen molar-refractivity contribution in [1.29, 1.82) is 0 Å². The van der Waals surface area contributed by atoms with E-state index in [1.807, 2.05) is 43.3 Å². The molecule has 5 heteroatoms. The van der Waals surface area contributed by atoms with Gasteiger partial charge in [0.05, 0.1) is 18.4 Å². The normalized spacial score (nSPS) is 10.0. The van der Waals surface area contributed by atoms with E-state index < -0.39 is 0 Å². The highest BCUT2D eigenvalue weighted by Crippen LogP contribution is 2.27. The third kappa shape index (κ3) is 3.25. The molecule has 5 nitrogen and oxygen atoms in total. The minimum absolute atomic E-state index is 0.255. The van der Waals surface area contributed by atoms with Gasteiger partial charge in [-0.05, 0) is 30.3 Å². The minimum Gasteiger partial charge on any atom is -0.494 e. The molecule has 0 radical (unpaired) electrons. The predicted molar refractivity (Wildman–Crippen MR) is 86.1 cm³/mol. The van der Waals surface area contributed by atoms with E-state index in [0.717, 1.165) is 11.4 Å². The van der Waals surface area contributed by atoms with Gasteiger partial charge in [0.2, 0.25) is 0 Å². The van der Waals surface area contributed by atoms with Crippen LogP contribution in [-0.4, -0.2) is 27.1 Å². The zero-order valence-electron chi connectivity index (χ0n) is 12.4. The van der Waals surface area contributed by atoms with Crippen LogP contribution in [-0.2, 0) is 0 Å². The van der Waals surface area contributed by atoms with Crippen LogP contribution in [0.15, 0.2) is 42.5 Å². The van der Waals surface area contributed by atoms with Gasteiger partial charge >= 0.3 is 0 Å². The molecule has 0 fully saturated rings. The van der Waals surface area contributed by atoms with Crippen molar-refractivity contribution in [2.75, 3.05) is 37.2 Å². The van der Waals surface area contributed by atoms with Crippen molar-refractivity contribution >= 4 is 23.0 Å². The third-order valence-electron chi connectivity index (χ3n) is 3.11. The van der Waals surface area contributed by atoms with Gasteiger partial charge in [0.1, 0.15) is 0 Å². The van der Waals surface area contributed by atoms with Crippen LogP contribution in [0, 0.1) is 0 Å². The Labute approximate surface area is 124 Å². The van der Waals surface area contributed by atoms with Crippen LogP contribution >= 0.6 is 0 Å². The number of methoxy groups -OCH3 is 1. The maximum atomic E-state index is 12.4. The Hall–Kier alpha value is -2.69. The van der Waals surface area contributed by atoms with Gasteiger partial charge in [-0.3, -0.25) is 4.79 Å². The molecule has 3 N–H and O–H groups in total. The van der Waals surface area contributed by atoms with Crippen LogP contribution in [0.1, 0.15) is 10.4 Å². The van der Waals surface area contributed by atoms with E-state index in [1.54, 1.807) is 18.2 Å². The molecule has 0 aliphatic carbocycles. The Morgan fingerprint density at radius 2 is 1.90 bits per heavy atom. The molecule has 0 heterocycles. The van der Waals surface area contributed by atoms with E-state index >= 15 is 0 Å². The molecule has 0 aromatic heterocycles. The zero-order chi connectivity index (χ0) is 15.4. The summed E-state index contributed by atoms with van der Waals surface area (Å²) in [5.41, 5.74) is 8.39. The molecule has 0 bridgehead atoms. The first-order valence-electron chi connectivity index (χ1n) is 6.54. The number of ether oxygens (including phenoxy) is 1. The number of carbonyl (C=O) groups is 1. The zero-order valence-corrected chi connectivity index (χ0v) is 12.4. The van der Waals surface area contributed by atoms with Gasteiger partial charge in [-0.25, -0.2) is 0 Å². The summed E-state index contributed by atoms with van der Waals surface area (Å²) in [4.78, 5) is 14.3. The quantitative estimate of drug-likeness (QED) is 0.847. The summed E-state index contributed by atoms with van der Waals surface area (Å²) in [6.07, 6.45) is 0. The van der Waals surface area contributed by atoms with Crippen molar-refractivity contribution in [3.63, 3.8) is 0 Å². The van der Waals surface area contributed by atoms with Crippen LogP contribution < -0.4 is 20.7 Å². The Kier molecular flexibility index (Phi) is 4.33. The summed E-state index contributed by atoms with van der Waals surface area (Å²) >= 11 is 0. The fraction of sp³-hybridized carbons (Fsp3) is 0.188. The fourth-order valence-electron chi connectivity index (χ4n) is 2.02. The van der Waals surface area contributed by atoms with E-state index in [0.29, 0.717) is 17.0 Å². The van der Waals surface area contributed by atoms with Gasteiger partial charge in [0.15, 0.2) is 5.75 Å². The van der Waals surface area contributed by atoms with Crippen LogP contribution in [0.3, 0.4) is 0 Å². The van der Waals surface area contributed by atoms with Crippen molar-refractivity contribution in [3.8, 4) is 5.75 Å². The molecular weight excluding hydrogens is 266 g/mol. The van der Waals surface area contributed by atoms with E-state index in [4.69, 9.17) is 10.5 Å². The summed E-state index contributed by atoms with van der Waals surface area (Å²) in [7, 11) is 5.39. The van der Waals surface area contributed by atoms with Gasteiger partial charge in [-0.2, -0.15) is 0 Å². The highest BCUT2D eigenvalue weighted by molar-refractivity contribution is 6.07. The Balaban J connectivity index is 2.26. The topological polar surface area (TPSA) is 67.6 Å². The minimum atomic E-state index is -0.255. The van der Waals surface area contributed by atoms with Crippen molar-refractivity contribution in [3.05, 3.63) is 48.0 Å². The Bertz CT molecular complexity index is 654. The summed E-state index contributed by atoms with van der Waals surface area (Å²) in [6.45, 7) is 0. The number of nitrogens with one attached hydrogen (secondary N) is 1. The molecule has 2 aromatic rings. The van der Waals surface area contributed by atoms with E-state index in [2.05, 4.69) is 5.32 Å². The third-order valence-corrected chi connectivity index (χ3v) is 3.11. The lowest BCUT2D eigenvalue weighted by Gasteiger charge is -2.15. The van der Waals surface area contributed by atoms with Crippen molar-refractivity contribution < 1.29 is 9.53 Å². The molecule has 110 valence electrons. The molecule has 0 atom stereocenters. The van der Waals surface area contributed by atoms with E-state index in [-0.39, 0.29) is 5.91 Å².